The molecule has 162 valence electrons. The van der Waals surface area contributed by atoms with Crippen LogP contribution in [0.15, 0.2) is 41.4 Å². The highest BCUT2D eigenvalue weighted by Gasteiger charge is 2.28. The Morgan fingerprint density at radius 2 is 1.97 bits per heavy atom. The summed E-state index contributed by atoms with van der Waals surface area (Å²) in [5, 5.41) is 3.08. The van der Waals surface area contributed by atoms with Crippen LogP contribution in [-0.2, 0) is 26.1 Å². The van der Waals surface area contributed by atoms with E-state index >= 15 is 0 Å². The van der Waals surface area contributed by atoms with Crippen molar-refractivity contribution in [3.63, 3.8) is 0 Å². The van der Waals surface area contributed by atoms with Crippen LogP contribution in [0.5, 0.6) is 0 Å². The Morgan fingerprint density at radius 1 is 1.20 bits per heavy atom. The molecule has 1 aromatic carbocycles. The second-order valence-electron chi connectivity index (χ2n) is 7.48. The molecule has 0 saturated carbocycles. The number of hydrogen-bond donors (Lipinski definition) is 1. The minimum Gasteiger partial charge on any atom is -0.379 e. The number of sulfonamides is 1. The van der Waals surface area contributed by atoms with Crippen molar-refractivity contribution in [1.29, 1.82) is 0 Å². The Kier molecular flexibility index (Phi) is 6.17. The third kappa shape index (κ3) is 4.26. The van der Waals surface area contributed by atoms with Crippen LogP contribution in [0.3, 0.4) is 0 Å². The van der Waals surface area contributed by atoms with Gasteiger partial charge < -0.3 is 14.6 Å². The molecule has 0 spiro atoms. The first-order valence-electron chi connectivity index (χ1n) is 9.92. The molecule has 10 heteroatoms. The van der Waals surface area contributed by atoms with Crippen LogP contribution in [0, 0.1) is 0 Å². The van der Waals surface area contributed by atoms with Gasteiger partial charge in [-0.1, -0.05) is 11.6 Å². The maximum absolute atomic E-state index is 12.9. The second-order valence-corrected chi connectivity index (χ2v) is 9.82. The third-order valence-corrected chi connectivity index (χ3v) is 7.86. The average Bonchev–Trinajstić information content (AvgIpc) is 3.22. The molecule has 30 heavy (non-hydrogen) atoms. The van der Waals surface area contributed by atoms with Gasteiger partial charge in [0, 0.05) is 44.1 Å². The number of rotatable bonds is 5. The largest absolute Gasteiger partial charge is 0.379 e. The van der Waals surface area contributed by atoms with Crippen LogP contribution in [0.1, 0.15) is 18.7 Å². The number of nitrogens with one attached hydrogen (secondary N) is 1. The zero-order chi connectivity index (χ0) is 21.3. The summed E-state index contributed by atoms with van der Waals surface area (Å²) in [7, 11) is -3.67. The third-order valence-electron chi connectivity index (χ3n) is 5.63. The Balaban J connectivity index is 1.47. The average molecular weight is 453 g/mol. The van der Waals surface area contributed by atoms with Crippen molar-refractivity contribution in [1.82, 2.24) is 13.8 Å². The lowest BCUT2D eigenvalue weighted by Crippen LogP contribution is -2.41. The zero-order valence-electron chi connectivity index (χ0n) is 16.8. The normalized spacial score (nSPS) is 20.7. The van der Waals surface area contributed by atoms with Gasteiger partial charge >= 0.3 is 0 Å². The molecule has 1 unspecified atom stereocenters. The first kappa shape index (κ1) is 21.3. The molecule has 1 amide bonds. The van der Waals surface area contributed by atoms with E-state index in [1.807, 2.05) is 12.3 Å². The smallest absolute Gasteiger partial charge is 0.243 e. The van der Waals surface area contributed by atoms with Gasteiger partial charge in [0.2, 0.25) is 15.9 Å². The highest BCUT2D eigenvalue weighted by Crippen LogP contribution is 2.28. The van der Waals surface area contributed by atoms with E-state index in [0.717, 1.165) is 13.1 Å². The summed E-state index contributed by atoms with van der Waals surface area (Å²) in [5.74, 6) is -0.232. The van der Waals surface area contributed by atoms with Gasteiger partial charge in [-0.3, -0.25) is 9.69 Å². The number of ether oxygens (including phenoxy) is 1. The molecule has 1 atom stereocenters. The fourth-order valence-electron chi connectivity index (χ4n) is 3.91. The summed E-state index contributed by atoms with van der Waals surface area (Å²) >= 11 is 6.24. The van der Waals surface area contributed by atoms with E-state index in [2.05, 4.69) is 27.8 Å². The van der Waals surface area contributed by atoms with Gasteiger partial charge in [-0.2, -0.15) is 4.31 Å². The van der Waals surface area contributed by atoms with Crippen molar-refractivity contribution in [2.75, 3.05) is 44.7 Å². The molecular weight excluding hydrogens is 428 g/mol. The maximum atomic E-state index is 12.9. The van der Waals surface area contributed by atoms with E-state index in [0.29, 0.717) is 37.0 Å². The van der Waals surface area contributed by atoms with E-state index in [4.69, 9.17) is 16.3 Å². The van der Waals surface area contributed by atoms with Crippen molar-refractivity contribution in [2.24, 2.45) is 0 Å². The van der Waals surface area contributed by atoms with Crippen LogP contribution in [-0.4, -0.2) is 67.5 Å². The molecule has 4 rings (SSSR count). The Morgan fingerprint density at radius 3 is 2.73 bits per heavy atom. The number of halogens is 1. The number of carbonyl (C=O) groups is 1. The van der Waals surface area contributed by atoms with Crippen molar-refractivity contribution >= 4 is 33.2 Å². The minimum absolute atomic E-state index is 0.105. The molecule has 2 aliphatic rings. The van der Waals surface area contributed by atoms with Crippen LogP contribution >= 0.6 is 11.6 Å². The molecule has 2 aliphatic heterocycles. The van der Waals surface area contributed by atoms with E-state index in [-0.39, 0.29) is 23.4 Å². The number of benzene rings is 1. The van der Waals surface area contributed by atoms with Gasteiger partial charge in [-0.25, -0.2) is 8.42 Å². The molecule has 0 radical (unpaired) electrons. The second kappa shape index (κ2) is 8.68. The Labute approximate surface area is 181 Å². The summed E-state index contributed by atoms with van der Waals surface area (Å²) in [5.41, 5.74) is 1.47. The van der Waals surface area contributed by atoms with Gasteiger partial charge in [0.1, 0.15) is 0 Å². The van der Waals surface area contributed by atoms with Crippen LogP contribution in [0.4, 0.5) is 5.69 Å². The molecular formula is C20H25ClN4O4S. The maximum Gasteiger partial charge on any atom is 0.243 e. The van der Waals surface area contributed by atoms with E-state index in [1.54, 1.807) is 0 Å². The highest BCUT2D eigenvalue weighted by atomic mass is 35.5. The van der Waals surface area contributed by atoms with Gasteiger partial charge in [0.15, 0.2) is 0 Å². The molecule has 0 bridgehead atoms. The quantitative estimate of drug-likeness (QED) is 0.751. The summed E-state index contributed by atoms with van der Waals surface area (Å²) in [4.78, 5) is 14.9. The van der Waals surface area contributed by atoms with E-state index in [9.17, 15) is 13.2 Å². The van der Waals surface area contributed by atoms with Crippen molar-refractivity contribution in [3.8, 4) is 0 Å². The van der Waals surface area contributed by atoms with Gasteiger partial charge in [-0.05, 0) is 37.3 Å². The lowest BCUT2D eigenvalue weighted by atomic mass is 10.1. The number of anilines is 1. The number of amides is 1. The zero-order valence-corrected chi connectivity index (χ0v) is 18.3. The fourth-order valence-corrected chi connectivity index (χ4v) is 5.51. The summed E-state index contributed by atoms with van der Waals surface area (Å²) in [6.07, 6.45) is 2.05. The van der Waals surface area contributed by atoms with Gasteiger partial charge in [-0.15, -0.1) is 0 Å². The number of nitrogens with zero attached hydrogens (tertiary/aromatic N) is 3. The Bertz CT molecular complexity index is 1030. The molecule has 1 aromatic heterocycles. The first-order valence-corrected chi connectivity index (χ1v) is 11.7. The monoisotopic (exact) mass is 452 g/mol. The molecule has 8 nitrogen and oxygen atoms in total. The minimum atomic E-state index is -3.67. The summed E-state index contributed by atoms with van der Waals surface area (Å²) < 4.78 is 34.6. The lowest BCUT2D eigenvalue weighted by Gasteiger charge is -2.34. The summed E-state index contributed by atoms with van der Waals surface area (Å²) in [6.45, 7) is 5.21. The molecule has 1 fully saturated rings. The standard InChI is InChI=1S/C20H25ClN4O4S/c1-15-19-3-2-6-23(19)7-8-24(15)14-20(26)22-18-13-16(4-5-17(18)21)30(27,28)25-9-11-29-12-10-25/h2-6,13,15H,7-12,14H2,1H3,(H,22,26). The number of aromatic nitrogens is 1. The SMILES string of the molecule is CC1c2cccn2CCN1CC(=O)Nc1cc(S(=O)(=O)N2CCOCC2)ccc1Cl. The molecule has 0 aliphatic carbocycles. The number of fused-ring (bicyclic) bond motifs is 1. The Hall–Kier alpha value is -1.91. The molecule has 1 N–H and O–H groups in total. The van der Waals surface area contributed by atoms with Crippen molar-refractivity contribution < 1.29 is 17.9 Å². The fraction of sp³-hybridized carbons (Fsp3) is 0.450. The van der Waals surface area contributed by atoms with Crippen LogP contribution < -0.4 is 5.32 Å². The molecule has 2 aromatic rings. The van der Waals surface area contributed by atoms with Crippen molar-refractivity contribution in [3.05, 3.63) is 47.2 Å². The first-order chi connectivity index (χ1) is 14.4. The number of hydrogen-bond acceptors (Lipinski definition) is 5. The number of carbonyl (C=O) groups excluding carboxylic acids is 1. The predicted octanol–water partition coefficient (Wildman–Crippen LogP) is 2.18. The summed E-state index contributed by atoms with van der Waals surface area (Å²) in [6, 6.07) is 8.57. The van der Waals surface area contributed by atoms with E-state index in [1.165, 1.54) is 28.2 Å². The van der Waals surface area contributed by atoms with Crippen LogP contribution in [0.25, 0.3) is 0 Å². The van der Waals surface area contributed by atoms with Crippen molar-refractivity contribution in [2.45, 2.75) is 24.4 Å². The molecule has 1 saturated heterocycles. The van der Waals surface area contributed by atoms with Gasteiger partial charge in [0.05, 0.1) is 35.4 Å². The lowest BCUT2D eigenvalue weighted by molar-refractivity contribution is -0.118. The van der Waals surface area contributed by atoms with Gasteiger partial charge in [0.25, 0.3) is 0 Å². The van der Waals surface area contributed by atoms with Crippen LogP contribution in [0.2, 0.25) is 5.02 Å². The van der Waals surface area contributed by atoms with E-state index < -0.39 is 10.0 Å². The number of morpholine rings is 1. The topological polar surface area (TPSA) is 83.9 Å². The highest BCUT2D eigenvalue weighted by molar-refractivity contribution is 7.89. The molecule has 3 heterocycles. The predicted molar refractivity (Wildman–Crippen MR) is 114 cm³/mol.